The molecule has 0 aromatic carbocycles. The monoisotopic (exact) mass is 320 g/mol. The van der Waals surface area contributed by atoms with Crippen LogP contribution in [0.2, 0.25) is 0 Å². The van der Waals surface area contributed by atoms with Crippen LogP contribution in [-0.4, -0.2) is 24.0 Å². The van der Waals surface area contributed by atoms with Crippen molar-refractivity contribution < 1.29 is 19.1 Å². The quantitative estimate of drug-likeness (QED) is 0.521. The topological polar surface area (TPSA) is 82.3 Å². The summed E-state index contributed by atoms with van der Waals surface area (Å²) >= 11 is 0. The molecule has 23 heavy (non-hydrogen) atoms. The van der Waals surface area contributed by atoms with E-state index in [1.165, 1.54) is 30.9 Å². The first-order valence-corrected chi connectivity index (χ1v) is 8.08. The third kappa shape index (κ3) is 4.43. The molecule has 1 fully saturated rings. The van der Waals surface area contributed by atoms with E-state index in [0.717, 1.165) is 12.8 Å². The summed E-state index contributed by atoms with van der Waals surface area (Å²) in [4.78, 5) is 24.2. The van der Waals surface area contributed by atoms with E-state index in [9.17, 15) is 14.8 Å². The average molecular weight is 320 g/mol. The van der Waals surface area contributed by atoms with Gasteiger partial charge in [0.25, 0.3) is 5.91 Å². The van der Waals surface area contributed by atoms with E-state index in [1.807, 2.05) is 0 Å². The highest BCUT2D eigenvalue weighted by atomic mass is 16.5. The summed E-state index contributed by atoms with van der Waals surface area (Å²) in [6, 6.07) is 2.86. The molecule has 1 aliphatic rings. The van der Waals surface area contributed by atoms with E-state index < -0.39 is 12.1 Å². The van der Waals surface area contributed by atoms with Crippen LogP contribution in [0.25, 0.3) is 0 Å². The number of pyridine rings is 1. The fraction of sp³-hybridized carbons (Fsp3) is 0.588. The average Bonchev–Trinajstić information content (AvgIpc) is 2.52. The molecule has 0 spiro atoms. The van der Waals surface area contributed by atoms with Gasteiger partial charge in [-0.2, -0.15) is 4.73 Å². The maximum Gasteiger partial charge on any atom is 0.339 e. The van der Waals surface area contributed by atoms with Crippen molar-refractivity contribution >= 4 is 11.9 Å². The first-order chi connectivity index (χ1) is 10.9. The molecule has 0 saturated heterocycles. The van der Waals surface area contributed by atoms with Gasteiger partial charge in [0.1, 0.15) is 0 Å². The SMILES string of the molecule is CC(OC(=O)c1cc[n+]([O-])cc1)C(=O)NC1CCCC(C)C1C. The number of rotatable bonds is 4. The van der Waals surface area contributed by atoms with Crippen molar-refractivity contribution in [1.82, 2.24) is 5.32 Å². The minimum absolute atomic E-state index is 0.128. The Morgan fingerprint density at radius 3 is 2.61 bits per heavy atom. The number of ether oxygens (including phenoxy) is 1. The molecule has 6 nitrogen and oxygen atoms in total. The van der Waals surface area contributed by atoms with Crippen molar-refractivity contribution in [3.63, 3.8) is 0 Å². The second-order valence-corrected chi connectivity index (χ2v) is 6.38. The van der Waals surface area contributed by atoms with Gasteiger partial charge in [-0.15, -0.1) is 0 Å². The Kier molecular flexibility index (Phi) is 5.58. The molecular formula is C17H24N2O4. The number of esters is 1. The number of carbonyl (C=O) groups is 2. The van der Waals surface area contributed by atoms with Gasteiger partial charge in [0, 0.05) is 18.2 Å². The van der Waals surface area contributed by atoms with Crippen molar-refractivity contribution in [1.29, 1.82) is 0 Å². The van der Waals surface area contributed by atoms with E-state index in [-0.39, 0.29) is 17.5 Å². The zero-order valence-corrected chi connectivity index (χ0v) is 13.8. The molecule has 1 aliphatic carbocycles. The standard InChI is InChI=1S/C17H24N2O4/c1-11-5-4-6-15(12(11)2)18-16(20)13(3)23-17(21)14-7-9-19(22)10-8-14/h7-13,15H,4-6H2,1-3H3,(H,18,20). The maximum absolute atomic E-state index is 12.2. The van der Waals surface area contributed by atoms with Gasteiger partial charge in [0.15, 0.2) is 18.5 Å². The summed E-state index contributed by atoms with van der Waals surface area (Å²) in [7, 11) is 0. The largest absolute Gasteiger partial charge is 0.619 e. The molecule has 2 rings (SSSR count). The van der Waals surface area contributed by atoms with E-state index in [0.29, 0.717) is 16.6 Å². The van der Waals surface area contributed by atoms with Gasteiger partial charge in [0.2, 0.25) is 0 Å². The van der Waals surface area contributed by atoms with Gasteiger partial charge >= 0.3 is 5.97 Å². The van der Waals surface area contributed by atoms with Crippen LogP contribution in [0.1, 0.15) is 50.4 Å². The molecule has 126 valence electrons. The summed E-state index contributed by atoms with van der Waals surface area (Å²) in [5, 5.41) is 13.9. The Labute approximate surface area is 136 Å². The molecule has 1 aromatic heterocycles. The molecule has 0 aliphatic heterocycles. The lowest BCUT2D eigenvalue weighted by Crippen LogP contribution is -2.47. The first kappa shape index (κ1) is 17.2. The third-order valence-corrected chi connectivity index (χ3v) is 4.73. The molecule has 1 saturated carbocycles. The van der Waals surface area contributed by atoms with Gasteiger partial charge in [-0.05, 0) is 25.2 Å². The van der Waals surface area contributed by atoms with Gasteiger partial charge in [0.05, 0.1) is 5.56 Å². The molecule has 1 aromatic rings. The Morgan fingerprint density at radius 1 is 1.30 bits per heavy atom. The highest BCUT2D eigenvalue weighted by molar-refractivity contribution is 5.92. The van der Waals surface area contributed by atoms with E-state index in [4.69, 9.17) is 4.74 Å². The highest BCUT2D eigenvalue weighted by Gasteiger charge is 2.30. The number of hydrogen-bond acceptors (Lipinski definition) is 4. The van der Waals surface area contributed by atoms with Crippen molar-refractivity contribution in [2.24, 2.45) is 11.8 Å². The minimum Gasteiger partial charge on any atom is -0.619 e. The van der Waals surface area contributed by atoms with Crippen LogP contribution in [0.4, 0.5) is 0 Å². The van der Waals surface area contributed by atoms with Crippen molar-refractivity contribution in [3.8, 4) is 0 Å². The number of amides is 1. The minimum atomic E-state index is -0.869. The lowest BCUT2D eigenvalue weighted by atomic mass is 9.78. The van der Waals surface area contributed by atoms with Crippen LogP contribution in [0.5, 0.6) is 0 Å². The second kappa shape index (κ2) is 7.44. The van der Waals surface area contributed by atoms with Crippen LogP contribution in [0.3, 0.4) is 0 Å². The predicted molar refractivity (Wildman–Crippen MR) is 84.4 cm³/mol. The maximum atomic E-state index is 12.2. The summed E-state index contributed by atoms with van der Waals surface area (Å²) in [5.41, 5.74) is 0.247. The van der Waals surface area contributed by atoms with Crippen LogP contribution >= 0.6 is 0 Å². The van der Waals surface area contributed by atoms with Crippen molar-refractivity contribution in [2.75, 3.05) is 0 Å². The fourth-order valence-electron chi connectivity index (χ4n) is 2.92. The zero-order valence-electron chi connectivity index (χ0n) is 13.8. The van der Waals surface area contributed by atoms with Gasteiger partial charge in [-0.25, -0.2) is 4.79 Å². The molecule has 1 amide bonds. The van der Waals surface area contributed by atoms with E-state index >= 15 is 0 Å². The summed E-state index contributed by atoms with van der Waals surface area (Å²) < 4.78 is 5.76. The van der Waals surface area contributed by atoms with Gasteiger partial charge in [-0.1, -0.05) is 26.7 Å². The second-order valence-electron chi connectivity index (χ2n) is 6.38. The Hall–Kier alpha value is -2.11. The number of nitrogens with one attached hydrogen (secondary N) is 1. The van der Waals surface area contributed by atoms with E-state index in [2.05, 4.69) is 19.2 Å². The summed E-state index contributed by atoms with van der Waals surface area (Å²) in [5.74, 6) is 0.102. The highest BCUT2D eigenvalue weighted by Crippen LogP contribution is 2.29. The van der Waals surface area contributed by atoms with E-state index in [1.54, 1.807) is 6.92 Å². The zero-order chi connectivity index (χ0) is 17.0. The predicted octanol–water partition coefficient (Wildman–Crippen LogP) is 1.81. The summed E-state index contributed by atoms with van der Waals surface area (Å²) in [6.07, 6.45) is 4.81. The lowest BCUT2D eigenvalue weighted by molar-refractivity contribution is -0.605. The molecular weight excluding hydrogens is 296 g/mol. The number of aromatic nitrogens is 1. The fourth-order valence-corrected chi connectivity index (χ4v) is 2.92. The van der Waals surface area contributed by atoms with Gasteiger partial charge in [-0.3, -0.25) is 4.79 Å². The molecule has 1 N–H and O–H groups in total. The molecule has 1 heterocycles. The van der Waals surface area contributed by atoms with Crippen LogP contribution in [0, 0.1) is 17.0 Å². The molecule has 0 bridgehead atoms. The lowest BCUT2D eigenvalue weighted by Gasteiger charge is -2.35. The normalized spacial score (nSPS) is 25.4. The van der Waals surface area contributed by atoms with Gasteiger partial charge < -0.3 is 15.3 Å². The van der Waals surface area contributed by atoms with Crippen LogP contribution < -0.4 is 10.0 Å². The molecule has 4 atom stereocenters. The summed E-state index contributed by atoms with van der Waals surface area (Å²) in [6.45, 7) is 5.90. The number of carbonyl (C=O) groups excluding carboxylic acids is 2. The molecule has 6 heteroatoms. The number of hydrogen-bond donors (Lipinski definition) is 1. The van der Waals surface area contributed by atoms with Crippen LogP contribution in [-0.2, 0) is 9.53 Å². The Bertz CT molecular complexity index is 558. The molecule has 0 radical (unpaired) electrons. The van der Waals surface area contributed by atoms with Crippen molar-refractivity contribution in [3.05, 3.63) is 35.3 Å². The van der Waals surface area contributed by atoms with Crippen molar-refractivity contribution in [2.45, 2.75) is 52.2 Å². The first-order valence-electron chi connectivity index (χ1n) is 8.08. The Morgan fingerprint density at radius 2 is 1.96 bits per heavy atom. The van der Waals surface area contributed by atoms with Crippen LogP contribution in [0.15, 0.2) is 24.5 Å². The smallest absolute Gasteiger partial charge is 0.339 e. The number of nitrogens with zero attached hydrogens (tertiary/aromatic N) is 1. The Balaban J connectivity index is 1.89. The third-order valence-electron chi connectivity index (χ3n) is 4.73. The molecule has 4 unspecified atom stereocenters.